The van der Waals surface area contributed by atoms with Gasteiger partial charge in [-0.25, -0.2) is 9.07 Å². The monoisotopic (exact) mass is 475 g/mol. The summed E-state index contributed by atoms with van der Waals surface area (Å²) in [5, 5.41) is 14.6. The maximum absolute atomic E-state index is 14.1. The third-order valence-electron chi connectivity index (χ3n) is 5.25. The number of amides is 1. The molecule has 1 aromatic heterocycles. The van der Waals surface area contributed by atoms with Gasteiger partial charge in [0.05, 0.1) is 12.5 Å². The number of carbonyl (C=O) groups is 2. The molecule has 0 radical (unpaired) electrons. The fourth-order valence-electron chi connectivity index (χ4n) is 3.55. The Bertz CT molecular complexity index is 1400. The predicted octanol–water partition coefficient (Wildman–Crippen LogP) is 3.83. The van der Waals surface area contributed by atoms with Gasteiger partial charge in [0.15, 0.2) is 0 Å². The van der Waals surface area contributed by atoms with Crippen molar-refractivity contribution in [3.8, 4) is 11.4 Å². The molecule has 1 amide bonds. The van der Waals surface area contributed by atoms with Crippen LogP contribution in [0.5, 0.6) is 5.75 Å². The summed E-state index contributed by atoms with van der Waals surface area (Å²) >= 11 is 0. The van der Waals surface area contributed by atoms with Crippen LogP contribution < -0.4 is 15.6 Å². The number of rotatable bonds is 9. The molecule has 0 saturated heterocycles. The number of hydrogen-bond donors (Lipinski definition) is 3. The van der Waals surface area contributed by atoms with E-state index < -0.39 is 35.7 Å². The summed E-state index contributed by atoms with van der Waals surface area (Å²) in [4.78, 5) is 36.7. The van der Waals surface area contributed by atoms with E-state index in [0.29, 0.717) is 17.9 Å². The molecule has 178 valence electrons. The molecular formula is C26H22FN3O5. The number of nitrogens with one attached hydrogen (secondary N) is 2. The van der Waals surface area contributed by atoms with E-state index >= 15 is 0 Å². The Hall–Kier alpha value is -4.66. The Balaban J connectivity index is 1.53. The molecule has 4 rings (SSSR count). The van der Waals surface area contributed by atoms with Crippen molar-refractivity contribution in [2.75, 3.05) is 0 Å². The van der Waals surface area contributed by atoms with Crippen LogP contribution in [0, 0.1) is 5.82 Å². The van der Waals surface area contributed by atoms with Crippen molar-refractivity contribution in [3.05, 3.63) is 118 Å². The molecule has 0 fully saturated rings. The average molecular weight is 475 g/mol. The number of aromatic nitrogens is 2. The first-order chi connectivity index (χ1) is 16.9. The molecule has 0 aliphatic heterocycles. The molecule has 0 bridgehead atoms. The van der Waals surface area contributed by atoms with Crippen LogP contribution >= 0.6 is 0 Å². The lowest BCUT2D eigenvalue weighted by Gasteiger charge is -2.18. The van der Waals surface area contributed by atoms with Crippen LogP contribution in [-0.2, 0) is 11.4 Å². The van der Waals surface area contributed by atoms with Crippen LogP contribution in [0.25, 0.3) is 5.69 Å². The van der Waals surface area contributed by atoms with Crippen molar-refractivity contribution < 1.29 is 23.8 Å². The Labute approximate surface area is 199 Å². The van der Waals surface area contributed by atoms with Gasteiger partial charge in [-0.15, -0.1) is 0 Å². The zero-order chi connectivity index (χ0) is 24.8. The number of halogens is 1. The van der Waals surface area contributed by atoms with Gasteiger partial charge in [-0.1, -0.05) is 54.6 Å². The molecule has 1 atom stereocenters. The van der Waals surface area contributed by atoms with Crippen molar-refractivity contribution in [2.24, 2.45) is 0 Å². The summed E-state index contributed by atoms with van der Waals surface area (Å²) in [6.07, 6.45) is -0.397. The van der Waals surface area contributed by atoms with E-state index in [2.05, 4.69) is 10.4 Å². The number of H-pyrrole nitrogens is 1. The van der Waals surface area contributed by atoms with E-state index in [0.717, 1.165) is 16.3 Å². The molecule has 8 nitrogen and oxygen atoms in total. The molecule has 3 N–H and O–H groups in total. The van der Waals surface area contributed by atoms with E-state index in [9.17, 15) is 23.9 Å². The number of ether oxygens (including phenoxy) is 1. The van der Waals surface area contributed by atoms with Crippen LogP contribution in [0.1, 0.15) is 34.1 Å². The highest BCUT2D eigenvalue weighted by molar-refractivity contribution is 5.92. The first-order valence-electron chi connectivity index (χ1n) is 10.8. The normalized spacial score (nSPS) is 11.6. The highest BCUT2D eigenvalue weighted by Gasteiger charge is 2.22. The molecule has 9 heteroatoms. The molecule has 0 aliphatic rings. The zero-order valence-corrected chi connectivity index (χ0v) is 18.5. The molecule has 1 heterocycles. The molecule has 0 saturated carbocycles. The number of carboxylic acid groups (broad SMARTS) is 1. The van der Waals surface area contributed by atoms with E-state index in [1.165, 1.54) is 18.2 Å². The van der Waals surface area contributed by atoms with Crippen molar-refractivity contribution in [2.45, 2.75) is 19.1 Å². The lowest BCUT2D eigenvalue weighted by Crippen LogP contribution is -2.30. The minimum absolute atomic E-state index is 0.0399. The quantitative estimate of drug-likeness (QED) is 0.341. The second kappa shape index (κ2) is 10.5. The third-order valence-corrected chi connectivity index (χ3v) is 5.25. The standard InChI is InChI=1S/C26H22FN3O5/c27-20-11-4-5-12-23(20)30-24(31)14-22(29-30)26(34)28-21(15-25(32)33)18-9-6-10-19(13-18)35-16-17-7-2-1-3-8-17/h1-14,21,29H,15-16H2,(H,28,34)(H,32,33). The number of carboxylic acids is 1. The highest BCUT2D eigenvalue weighted by atomic mass is 19.1. The second-order valence-electron chi connectivity index (χ2n) is 7.77. The van der Waals surface area contributed by atoms with Gasteiger partial charge >= 0.3 is 5.97 Å². The van der Waals surface area contributed by atoms with Gasteiger partial charge in [-0.3, -0.25) is 19.5 Å². The van der Waals surface area contributed by atoms with Crippen LogP contribution in [0.4, 0.5) is 4.39 Å². The van der Waals surface area contributed by atoms with Gasteiger partial charge in [0.2, 0.25) is 0 Å². The maximum atomic E-state index is 14.1. The number of para-hydroxylation sites is 1. The van der Waals surface area contributed by atoms with Crippen LogP contribution in [0.2, 0.25) is 0 Å². The summed E-state index contributed by atoms with van der Waals surface area (Å²) in [6.45, 7) is 0.324. The van der Waals surface area contributed by atoms with E-state index in [-0.39, 0.29) is 11.4 Å². The highest BCUT2D eigenvalue weighted by Crippen LogP contribution is 2.23. The summed E-state index contributed by atoms with van der Waals surface area (Å²) in [6, 6.07) is 22.1. The van der Waals surface area contributed by atoms with Gasteiger partial charge in [-0.2, -0.15) is 0 Å². The van der Waals surface area contributed by atoms with E-state index in [1.54, 1.807) is 30.3 Å². The third kappa shape index (κ3) is 5.83. The Kier molecular flexibility index (Phi) is 7.06. The van der Waals surface area contributed by atoms with Crippen LogP contribution in [0.15, 0.2) is 89.7 Å². The van der Waals surface area contributed by atoms with Gasteiger partial charge < -0.3 is 15.2 Å². The number of hydrogen-bond acceptors (Lipinski definition) is 4. The molecule has 0 aliphatic carbocycles. The second-order valence-corrected chi connectivity index (χ2v) is 7.77. The zero-order valence-electron chi connectivity index (χ0n) is 18.5. The first kappa shape index (κ1) is 23.5. The number of aliphatic carboxylic acids is 1. The summed E-state index contributed by atoms with van der Waals surface area (Å²) in [7, 11) is 0. The number of aromatic amines is 1. The molecular weight excluding hydrogens is 453 g/mol. The molecule has 4 aromatic rings. The number of benzene rings is 3. The van der Waals surface area contributed by atoms with Crippen molar-refractivity contribution in [1.82, 2.24) is 15.1 Å². The molecule has 3 aromatic carbocycles. The van der Waals surface area contributed by atoms with E-state index in [1.807, 2.05) is 30.3 Å². The van der Waals surface area contributed by atoms with Crippen LogP contribution in [0.3, 0.4) is 0 Å². The minimum Gasteiger partial charge on any atom is -0.489 e. The van der Waals surface area contributed by atoms with Gasteiger partial charge in [0.25, 0.3) is 11.5 Å². The van der Waals surface area contributed by atoms with E-state index in [4.69, 9.17) is 4.74 Å². The van der Waals surface area contributed by atoms with Crippen LogP contribution in [-0.4, -0.2) is 26.8 Å². The Morgan fingerprint density at radius 1 is 1.00 bits per heavy atom. The van der Waals surface area contributed by atoms with Crippen molar-refractivity contribution in [3.63, 3.8) is 0 Å². The van der Waals surface area contributed by atoms with Gasteiger partial charge in [-0.05, 0) is 35.4 Å². The largest absolute Gasteiger partial charge is 0.489 e. The number of carbonyl (C=O) groups excluding carboxylic acids is 1. The van der Waals surface area contributed by atoms with Gasteiger partial charge in [0, 0.05) is 6.07 Å². The number of nitrogens with zero attached hydrogens (tertiary/aromatic N) is 1. The molecule has 1 unspecified atom stereocenters. The summed E-state index contributed by atoms with van der Waals surface area (Å²) in [5.74, 6) is -1.96. The molecule has 35 heavy (non-hydrogen) atoms. The first-order valence-corrected chi connectivity index (χ1v) is 10.8. The van der Waals surface area contributed by atoms with Gasteiger partial charge in [0.1, 0.15) is 29.6 Å². The molecule has 0 spiro atoms. The summed E-state index contributed by atoms with van der Waals surface area (Å²) < 4.78 is 20.8. The lowest BCUT2D eigenvalue weighted by molar-refractivity contribution is -0.137. The minimum atomic E-state index is -1.12. The fourth-order valence-corrected chi connectivity index (χ4v) is 3.55. The predicted molar refractivity (Wildman–Crippen MR) is 126 cm³/mol. The van der Waals surface area contributed by atoms with Crippen molar-refractivity contribution in [1.29, 1.82) is 0 Å². The maximum Gasteiger partial charge on any atom is 0.305 e. The Morgan fingerprint density at radius 3 is 2.49 bits per heavy atom. The SMILES string of the molecule is O=C(O)CC(NC(=O)c1cc(=O)n(-c2ccccc2F)[nH]1)c1cccc(OCc2ccccc2)c1. The lowest BCUT2D eigenvalue weighted by atomic mass is 10.0. The fraction of sp³-hybridized carbons (Fsp3) is 0.115. The summed E-state index contributed by atoms with van der Waals surface area (Å²) in [5.41, 5.74) is 0.678. The Morgan fingerprint density at radius 2 is 1.74 bits per heavy atom. The smallest absolute Gasteiger partial charge is 0.305 e. The van der Waals surface area contributed by atoms with Crippen molar-refractivity contribution >= 4 is 11.9 Å². The average Bonchev–Trinajstić information content (AvgIpc) is 3.24. The topological polar surface area (TPSA) is 113 Å².